The molecule has 9 nitrogen and oxygen atoms in total. The molecule has 36 heavy (non-hydrogen) atoms. The average molecular weight is 488 g/mol. The van der Waals surface area contributed by atoms with Crippen molar-refractivity contribution in [2.24, 2.45) is 5.92 Å². The van der Waals surface area contributed by atoms with Gasteiger partial charge in [0.15, 0.2) is 5.65 Å². The lowest BCUT2D eigenvalue weighted by Gasteiger charge is -2.18. The van der Waals surface area contributed by atoms with Crippen molar-refractivity contribution in [1.29, 1.82) is 0 Å². The largest absolute Gasteiger partial charge is 0.340 e. The Morgan fingerprint density at radius 2 is 2.00 bits per heavy atom. The molecule has 6 rings (SSSR count). The third kappa shape index (κ3) is 3.96. The molecule has 0 unspecified atom stereocenters. The van der Waals surface area contributed by atoms with Gasteiger partial charge in [0.2, 0.25) is 5.82 Å². The SMILES string of the molecule is CC(C)n1ncc2cnc(C(=O)NC3(c4ccc(-c5cncn(CC6CC6)c5=O)c(F)c4)CC3)nc21. The lowest BCUT2D eigenvalue weighted by atomic mass is 9.99. The van der Waals surface area contributed by atoms with Crippen molar-refractivity contribution in [2.45, 2.75) is 57.7 Å². The number of aromatic nitrogens is 6. The van der Waals surface area contributed by atoms with Crippen molar-refractivity contribution in [3.8, 4) is 11.1 Å². The van der Waals surface area contributed by atoms with Crippen LogP contribution in [-0.4, -0.2) is 35.2 Å². The number of benzene rings is 1. The van der Waals surface area contributed by atoms with Crippen LogP contribution >= 0.6 is 0 Å². The maximum absolute atomic E-state index is 15.3. The summed E-state index contributed by atoms with van der Waals surface area (Å²) in [4.78, 5) is 38.8. The van der Waals surface area contributed by atoms with E-state index in [0.29, 0.717) is 36.5 Å². The first-order valence-electron chi connectivity index (χ1n) is 12.2. The van der Waals surface area contributed by atoms with E-state index in [1.54, 1.807) is 33.8 Å². The molecule has 4 aromatic rings. The van der Waals surface area contributed by atoms with Crippen LogP contribution in [0.25, 0.3) is 22.2 Å². The lowest BCUT2D eigenvalue weighted by Crippen LogP contribution is -2.36. The molecule has 3 aromatic heterocycles. The Hall–Kier alpha value is -3.95. The first-order valence-corrected chi connectivity index (χ1v) is 12.2. The van der Waals surface area contributed by atoms with Gasteiger partial charge < -0.3 is 5.32 Å². The molecule has 10 heteroatoms. The molecule has 1 N–H and O–H groups in total. The lowest BCUT2D eigenvalue weighted by molar-refractivity contribution is 0.0920. The van der Waals surface area contributed by atoms with Gasteiger partial charge in [0.25, 0.3) is 11.5 Å². The summed E-state index contributed by atoms with van der Waals surface area (Å²) in [7, 11) is 0. The summed E-state index contributed by atoms with van der Waals surface area (Å²) in [5.74, 6) is -0.402. The first-order chi connectivity index (χ1) is 17.3. The maximum atomic E-state index is 15.3. The summed E-state index contributed by atoms with van der Waals surface area (Å²) in [5.41, 5.74) is 0.750. The molecule has 2 fully saturated rings. The quantitative estimate of drug-likeness (QED) is 0.427. The van der Waals surface area contributed by atoms with Gasteiger partial charge in [0.1, 0.15) is 5.82 Å². The summed E-state index contributed by atoms with van der Waals surface area (Å²) in [6, 6.07) is 4.85. The topological polar surface area (TPSA) is 108 Å². The van der Waals surface area contributed by atoms with Gasteiger partial charge >= 0.3 is 0 Å². The molecular weight excluding hydrogens is 461 g/mol. The maximum Gasteiger partial charge on any atom is 0.289 e. The number of rotatable bonds is 7. The van der Waals surface area contributed by atoms with E-state index < -0.39 is 17.3 Å². The number of halogens is 1. The number of hydrogen-bond acceptors (Lipinski definition) is 6. The van der Waals surface area contributed by atoms with E-state index in [-0.39, 0.29) is 28.6 Å². The van der Waals surface area contributed by atoms with Crippen molar-refractivity contribution in [1.82, 2.24) is 34.6 Å². The normalized spacial score (nSPS) is 16.4. The van der Waals surface area contributed by atoms with Gasteiger partial charge in [-0.15, -0.1) is 0 Å². The van der Waals surface area contributed by atoms with Crippen LogP contribution in [0.4, 0.5) is 4.39 Å². The Morgan fingerprint density at radius 1 is 1.19 bits per heavy atom. The smallest absolute Gasteiger partial charge is 0.289 e. The third-order valence-electron chi connectivity index (χ3n) is 6.99. The molecule has 1 aromatic carbocycles. The average Bonchev–Trinajstić information content (AvgIpc) is 3.79. The van der Waals surface area contributed by atoms with E-state index in [4.69, 9.17) is 0 Å². The molecule has 0 bridgehead atoms. The zero-order valence-corrected chi connectivity index (χ0v) is 20.1. The second kappa shape index (κ2) is 8.32. The summed E-state index contributed by atoms with van der Waals surface area (Å²) in [6.07, 6.45) is 9.73. The van der Waals surface area contributed by atoms with Crippen molar-refractivity contribution in [3.05, 3.63) is 70.7 Å². The van der Waals surface area contributed by atoms with E-state index >= 15 is 4.39 Å². The van der Waals surface area contributed by atoms with Gasteiger partial charge in [0, 0.05) is 30.5 Å². The fourth-order valence-electron chi connectivity index (χ4n) is 4.58. The zero-order valence-electron chi connectivity index (χ0n) is 20.1. The minimum absolute atomic E-state index is 0.0415. The predicted octanol–water partition coefficient (Wildman–Crippen LogP) is 3.60. The summed E-state index contributed by atoms with van der Waals surface area (Å²) >= 11 is 0. The van der Waals surface area contributed by atoms with Crippen LogP contribution in [0.2, 0.25) is 0 Å². The standard InChI is InChI=1S/C26H26FN7O2/c1-15(2)34-23-17(11-30-34)10-29-22(31-23)24(35)32-26(7-8-26)18-5-6-19(21(27)9-18)20-12-28-14-33(25(20)36)13-16-3-4-16/h5-6,9-12,14-16H,3-4,7-8,13H2,1-2H3,(H,32,35). The molecule has 0 atom stereocenters. The molecule has 1 amide bonds. The molecule has 2 saturated carbocycles. The summed E-state index contributed by atoms with van der Waals surface area (Å²) in [6.45, 7) is 4.58. The van der Waals surface area contributed by atoms with Crippen LogP contribution in [0.15, 0.2) is 47.9 Å². The highest BCUT2D eigenvalue weighted by Gasteiger charge is 2.46. The van der Waals surface area contributed by atoms with Crippen LogP contribution < -0.4 is 10.9 Å². The van der Waals surface area contributed by atoms with Gasteiger partial charge in [-0.3, -0.25) is 14.2 Å². The molecule has 3 heterocycles. The van der Waals surface area contributed by atoms with Crippen LogP contribution in [0.1, 0.15) is 61.8 Å². The van der Waals surface area contributed by atoms with Crippen LogP contribution in [0.5, 0.6) is 0 Å². The molecule has 2 aliphatic carbocycles. The number of carbonyl (C=O) groups excluding carboxylic acids is 1. The fraction of sp³-hybridized carbons (Fsp3) is 0.385. The highest BCUT2D eigenvalue weighted by Crippen LogP contribution is 2.46. The van der Waals surface area contributed by atoms with Crippen LogP contribution in [0, 0.1) is 11.7 Å². The van der Waals surface area contributed by atoms with Crippen molar-refractivity contribution in [3.63, 3.8) is 0 Å². The highest BCUT2D eigenvalue weighted by atomic mass is 19.1. The molecule has 0 saturated heterocycles. The number of hydrogen-bond donors (Lipinski definition) is 1. The second-order valence-electron chi connectivity index (χ2n) is 10.1. The van der Waals surface area contributed by atoms with Gasteiger partial charge in [-0.25, -0.2) is 24.0 Å². The molecule has 0 aliphatic heterocycles. The van der Waals surface area contributed by atoms with Crippen molar-refractivity contribution >= 4 is 16.9 Å². The molecule has 0 radical (unpaired) electrons. The van der Waals surface area contributed by atoms with E-state index in [0.717, 1.165) is 18.2 Å². The highest BCUT2D eigenvalue weighted by molar-refractivity contribution is 5.93. The Kier molecular flexibility index (Phi) is 5.20. The van der Waals surface area contributed by atoms with Gasteiger partial charge in [-0.1, -0.05) is 12.1 Å². The van der Waals surface area contributed by atoms with Gasteiger partial charge in [-0.05, 0) is 57.1 Å². The summed E-state index contributed by atoms with van der Waals surface area (Å²) in [5, 5.41) is 8.07. The van der Waals surface area contributed by atoms with Crippen LogP contribution in [-0.2, 0) is 12.1 Å². The Bertz CT molecular complexity index is 1550. The van der Waals surface area contributed by atoms with E-state index in [2.05, 4.69) is 25.4 Å². The number of carbonyl (C=O) groups is 1. The van der Waals surface area contributed by atoms with E-state index in [9.17, 15) is 9.59 Å². The minimum atomic E-state index is -0.686. The minimum Gasteiger partial charge on any atom is -0.340 e. The number of nitrogens with one attached hydrogen (secondary N) is 1. The monoisotopic (exact) mass is 487 g/mol. The van der Waals surface area contributed by atoms with Crippen molar-refractivity contribution in [2.75, 3.05) is 0 Å². The van der Waals surface area contributed by atoms with Crippen molar-refractivity contribution < 1.29 is 9.18 Å². The van der Waals surface area contributed by atoms with E-state index in [1.807, 2.05) is 13.8 Å². The van der Waals surface area contributed by atoms with Gasteiger partial charge in [-0.2, -0.15) is 5.10 Å². The summed E-state index contributed by atoms with van der Waals surface area (Å²) < 4.78 is 18.6. The molecule has 2 aliphatic rings. The van der Waals surface area contributed by atoms with Gasteiger partial charge in [0.05, 0.1) is 29.0 Å². The molecule has 0 spiro atoms. The van der Waals surface area contributed by atoms with E-state index in [1.165, 1.54) is 18.6 Å². The first kappa shape index (κ1) is 22.5. The third-order valence-corrected chi connectivity index (χ3v) is 6.99. The number of amides is 1. The Balaban J connectivity index is 1.26. The Morgan fingerprint density at radius 3 is 2.69 bits per heavy atom. The number of nitrogens with zero attached hydrogens (tertiary/aromatic N) is 6. The van der Waals surface area contributed by atoms with Crippen LogP contribution in [0.3, 0.4) is 0 Å². The second-order valence-corrected chi connectivity index (χ2v) is 10.1. The zero-order chi connectivity index (χ0) is 25.0. The Labute approximate surface area is 206 Å². The fourth-order valence-corrected chi connectivity index (χ4v) is 4.58. The molecule has 184 valence electrons. The predicted molar refractivity (Wildman–Crippen MR) is 131 cm³/mol. The number of fused-ring (bicyclic) bond motifs is 1. The molecular formula is C26H26FN7O2.